The molecule has 2 fully saturated rings. The van der Waals surface area contributed by atoms with Gasteiger partial charge in [0.1, 0.15) is 12.7 Å². The van der Waals surface area contributed by atoms with Gasteiger partial charge in [0.2, 0.25) is 0 Å². The van der Waals surface area contributed by atoms with Gasteiger partial charge in [-0.25, -0.2) is 0 Å². The molecule has 6 heteroatoms. The summed E-state index contributed by atoms with van der Waals surface area (Å²) >= 11 is 0. The third-order valence-corrected chi connectivity index (χ3v) is 10.9. The van der Waals surface area contributed by atoms with Crippen LogP contribution in [-0.4, -0.2) is 38.6 Å². The minimum atomic E-state index is -2.85. The third-order valence-electron chi connectivity index (χ3n) is 5.90. The number of ether oxygens (including phenoxy) is 3. The van der Waals surface area contributed by atoms with E-state index in [-0.39, 0.29) is 24.0 Å². The van der Waals surface area contributed by atoms with Crippen LogP contribution in [0.5, 0.6) is 0 Å². The highest BCUT2D eigenvalue weighted by atomic mass is 28.4. The summed E-state index contributed by atoms with van der Waals surface area (Å²) in [6, 6.07) is 20.7. The van der Waals surface area contributed by atoms with Crippen LogP contribution in [0.15, 0.2) is 60.7 Å². The monoisotopic (exact) mass is 426 g/mol. The first kappa shape index (κ1) is 21.2. The van der Waals surface area contributed by atoms with E-state index in [1.54, 1.807) is 0 Å². The average Bonchev–Trinajstić information content (AvgIpc) is 3.16. The van der Waals surface area contributed by atoms with Gasteiger partial charge in [0.25, 0.3) is 14.1 Å². The summed E-state index contributed by atoms with van der Waals surface area (Å²) in [6.45, 7) is 10.4. The van der Waals surface area contributed by atoms with Crippen molar-refractivity contribution in [1.82, 2.24) is 0 Å². The molecule has 0 radical (unpaired) electrons. The maximum absolute atomic E-state index is 12.4. The fourth-order valence-corrected chi connectivity index (χ4v) is 9.31. The molecule has 160 valence electrons. The molecule has 0 bridgehead atoms. The summed E-state index contributed by atoms with van der Waals surface area (Å²) in [7, 11) is -2.85. The molecule has 2 aliphatic heterocycles. The van der Waals surface area contributed by atoms with Crippen LogP contribution < -0.4 is 10.4 Å². The summed E-state index contributed by atoms with van der Waals surface area (Å²) in [5, 5.41) is 2.09. The predicted octanol–water partition coefficient (Wildman–Crippen LogP) is 3.36. The Morgan fingerprint density at radius 2 is 1.50 bits per heavy atom. The number of benzene rings is 2. The third kappa shape index (κ3) is 3.52. The lowest BCUT2D eigenvalue weighted by atomic mass is 10.1. The van der Waals surface area contributed by atoms with E-state index >= 15 is 0 Å². The van der Waals surface area contributed by atoms with Gasteiger partial charge in [-0.1, -0.05) is 81.4 Å². The molecular weight excluding hydrogens is 396 g/mol. The zero-order valence-corrected chi connectivity index (χ0v) is 19.3. The number of carbonyl (C=O) groups excluding carboxylic acids is 1. The molecule has 1 spiro atoms. The summed E-state index contributed by atoms with van der Waals surface area (Å²) < 4.78 is 24.8. The predicted molar refractivity (Wildman–Crippen MR) is 117 cm³/mol. The van der Waals surface area contributed by atoms with E-state index in [0.717, 1.165) is 10.4 Å². The van der Waals surface area contributed by atoms with E-state index < -0.39 is 26.0 Å². The molecular formula is C24H30O5Si. The van der Waals surface area contributed by atoms with Crippen molar-refractivity contribution in [2.24, 2.45) is 0 Å². The lowest BCUT2D eigenvalue weighted by Crippen LogP contribution is -2.69. The van der Waals surface area contributed by atoms with Gasteiger partial charge < -0.3 is 18.6 Å². The summed E-state index contributed by atoms with van der Waals surface area (Å²) in [6.07, 6.45) is -0.415. The van der Waals surface area contributed by atoms with Crippen LogP contribution in [0, 0.1) is 0 Å². The van der Waals surface area contributed by atoms with Crippen molar-refractivity contribution in [3.05, 3.63) is 60.7 Å². The topological polar surface area (TPSA) is 54.0 Å². The largest absolute Gasteiger partial charge is 0.427 e. The van der Waals surface area contributed by atoms with Crippen LogP contribution >= 0.6 is 0 Å². The van der Waals surface area contributed by atoms with E-state index in [1.165, 1.54) is 0 Å². The second-order valence-corrected chi connectivity index (χ2v) is 13.8. The Hall–Kier alpha value is -1.99. The lowest BCUT2D eigenvalue weighted by molar-refractivity contribution is -0.252. The number of carbonyl (C=O) groups is 1. The zero-order valence-electron chi connectivity index (χ0n) is 18.3. The number of rotatable bonds is 4. The quantitative estimate of drug-likeness (QED) is 0.554. The van der Waals surface area contributed by atoms with E-state index in [4.69, 9.17) is 18.6 Å². The molecule has 0 saturated carbocycles. The number of esters is 1. The van der Waals surface area contributed by atoms with E-state index in [9.17, 15) is 4.79 Å². The molecule has 0 aromatic heterocycles. The molecule has 2 atom stereocenters. The molecule has 2 saturated heterocycles. The van der Waals surface area contributed by atoms with Crippen molar-refractivity contribution in [3.63, 3.8) is 0 Å². The zero-order chi connectivity index (χ0) is 21.6. The Balaban J connectivity index is 1.86. The van der Waals surface area contributed by atoms with Crippen molar-refractivity contribution < 1.29 is 23.4 Å². The fourth-order valence-electron chi connectivity index (χ4n) is 4.60. The highest BCUT2D eigenvalue weighted by molar-refractivity contribution is 6.99. The second-order valence-electron chi connectivity index (χ2n) is 9.55. The van der Waals surface area contributed by atoms with Gasteiger partial charge in [-0.3, -0.25) is 4.79 Å². The van der Waals surface area contributed by atoms with Gasteiger partial charge >= 0.3 is 5.97 Å². The van der Waals surface area contributed by atoms with Crippen LogP contribution in [0.1, 0.15) is 41.0 Å². The van der Waals surface area contributed by atoms with Gasteiger partial charge in [-0.05, 0) is 29.3 Å². The number of hydrogen-bond acceptors (Lipinski definition) is 5. The molecule has 2 aromatic rings. The first-order valence-electron chi connectivity index (χ1n) is 10.4. The van der Waals surface area contributed by atoms with Crippen LogP contribution in [0.25, 0.3) is 0 Å². The molecule has 0 amide bonds. The second kappa shape index (κ2) is 7.30. The molecule has 2 aromatic carbocycles. The molecule has 4 rings (SSSR count). The number of hydrogen-bond donors (Lipinski definition) is 0. The first-order chi connectivity index (χ1) is 14.1. The average molecular weight is 427 g/mol. The Bertz CT molecular complexity index is 867. The van der Waals surface area contributed by atoms with Crippen molar-refractivity contribution in [1.29, 1.82) is 0 Å². The Morgan fingerprint density at radius 3 is 1.93 bits per heavy atom. The lowest BCUT2D eigenvalue weighted by Gasteiger charge is -2.46. The normalized spacial score (nSPS) is 26.2. The molecule has 0 aliphatic carbocycles. The van der Waals surface area contributed by atoms with Gasteiger partial charge in [0.15, 0.2) is 5.79 Å². The van der Waals surface area contributed by atoms with E-state index in [0.29, 0.717) is 0 Å². The molecule has 5 nitrogen and oxygen atoms in total. The molecule has 30 heavy (non-hydrogen) atoms. The summed E-state index contributed by atoms with van der Waals surface area (Å²) in [5.74, 6) is -2.37. The Kier molecular flexibility index (Phi) is 5.17. The molecule has 0 N–H and O–H groups in total. The van der Waals surface area contributed by atoms with Crippen molar-refractivity contribution in [3.8, 4) is 0 Å². The van der Waals surface area contributed by atoms with Crippen LogP contribution in [0.4, 0.5) is 0 Å². The van der Waals surface area contributed by atoms with E-state index in [2.05, 4.69) is 45.0 Å². The molecule has 0 unspecified atom stereocenters. The SMILES string of the molecule is CC1(C)OC[C@@]2(OC(=O)C[C@H]2O[Si](c2ccccc2)(c2ccccc2)C(C)(C)C)O1. The Labute approximate surface area is 179 Å². The van der Waals surface area contributed by atoms with Crippen LogP contribution in [0.3, 0.4) is 0 Å². The highest BCUT2D eigenvalue weighted by Crippen LogP contribution is 2.45. The smallest absolute Gasteiger partial charge is 0.311 e. The fraction of sp³-hybridized carbons (Fsp3) is 0.458. The minimum Gasteiger partial charge on any atom is -0.427 e. The molecule has 2 heterocycles. The van der Waals surface area contributed by atoms with Gasteiger partial charge in [0, 0.05) is 0 Å². The van der Waals surface area contributed by atoms with Crippen molar-refractivity contribution >= 4 is 24.7 Å². The van der Waals surface area contributed by atoms with Crippen molar-refractivity contribution in [2.75, 3.05) is 6.61 Å². The maximum atomic E-state index is 12.4. The van der Waals surface area contributed by atoms with Gasteiger partial charge in [-0.2, -0.15) is 0 Å². The van der Waals surface area contributed by atoms with Crippen LogP contribution in [0.2, 0.25) is 5.04 Å². The highest BCUT2D eigenvalue weighted by Gasteiger charge is 2.63. The van der Waals surface area contributed by atoms with Crippen molar-refractivity contribution in [2.45, 2.75) is 63.8 Å². The minimum absolute atomic E-state index is 0.143. The summed E-state index contributed by atoms with van der Waals surface area (Å²) in [5.41, 5.74) is 0. The maximum Gasteiger partial charge on any atom is 0.311 e. The Morgan fingerprint density at radius 1 is 0.967 bits per heavy atom. The molecule has 2 aliphatic rings. The van der Waals surface area contributed by atoms with Gasteiger partial charge in [-0.15, -0.1) is 0 Å². The summed E-state index contributed by atoms with van der Waals surface area (Å²) in [4.78, 5) is 12.4. The standard InChI is InChI=1S/C24H30O5Si/c1-22(2,3)30(18-12-8-6-9-13-18,19-14-10-7-11-15-19)28-20-16-21(25)27-24(20)17-26-23(4,5)29-24/h6-15,20H,16-17H2,1-5H3/t20-,24-/m1/s1. The van der Waals surface area contributed by atoms with Gasteiger partial charge in [0.05, 0.1) is 6.42 Å². The van der Waals surface area contributed by atoms with E-state index in [1.807, 2.05) is 50.2 Å². The van der Waals surface area contributed by atoms with Crippen LogP contribution in [-0.2, 0) is 23.4 Å². The first-order valence-corrected chi connectivity index (χ1v) is 12.3.